The maximum Gasteiger partial charge on any atom is 0.416 e. The number of fused-ring (bicyclic) bond motifs is 3. The van der Waals surface area contributed by atoms with E-state index in [0.717, 1.165) is 18.2 Å². The summed E-state index contributed by atoms with van der Waals surface area (Å²) in [5, 5.41) is 16.5. The first-order valence-electron chi connectivity index (χ1n) is 11.6. The molecule has 0 spiro atoms. The number of halogens is 5. The number of carbonyl (C=O) groups is 2. The summed E-state index contributed by atoms with van der Waals surface area (Å²) in [4.78, 5) is 25.0. The molecule has 1 atom stereocenters. The van der Waals surface area contributed by atoms with Gasteiger partial charge in [0.25, 0.3) is 11.8 Å². The molecule has 5 rings (SSSR count). The summed E-state index contributed by atoms with van der Waals surface area (Å²) in [5.41, 5.74) is -2.48. The number of rotatable bonds is 8. The van der Waals surface area contributed by atoms with E-state index < -0.39 is 53.2 Å². The van der Waals surface area contributed by atoms with Gasteiger partial charge in [-0.05, 0) is 62.4 Å². The predicted molar refractivity (Wildman–Crippen MR) is 125 cm³/mol. The zero-order chi connectivity index (χ0) is 26.8. The minimum Gasteiger partial charge on any atom is -0.484 e. The molecule has 0 heterocycles. The third-order valence-corrected chi connectivity index (χ3v) is 7.21. The second-order valence-electron chi connectivity index (χ2n) is 9.43. The van der Waals surface area contributed by atoms with Crippen molar-refractivity contribution in [3.63, 3.8) is 0 Å². The quantitative estimate of drug-likeness (QED) is 0.437. The lowest BCUT2D eigenvalue weighted by Crippen LogP contribution is -2.70. The van der Waals surface area contributed by atoms with E-state index in [9.17, 15) is 32.3 Å². The van der Waals surface area contributed by atoms with E-state index in [1.807, 2.05) is 0 Å². The monoisotopic (exact) mass is 544 g/mol. The Morgan fingerprint density at radius 1 is 0.973 bits per heavy atom. The van der Waals surface area contributed by atoms with E-state index in [-0.39, 0.29) is 29.5 Å². The summed E-state index contributed by atoms with van der Waals surface area (Å²) in [6.45, 7) is -0.867. The number of aliphatic hydroxyl groups is 1. The second-order valence-corrected chi connectivity index (χ2v) is 9.84. The van der Waals surface area contributed by atoms with Gasteiger partial charge in [-0.3, -0.25) is 9.59 Å². The Bertz CT molecular complexity index is 1170. The van der Waals surface area contributed by atoms with E-state index in [1.165, 1.54) is 24.3 Å². The lowest BCUT2D eigenvalue weighted by molar-refractivity contribution is -0.138. The molecule has 3 aliphatic carbocycles. The molecule has 3 saturated carbocycles. The summed E-state index contributed by atoms with van der Waals surface area (Å²) in [6.07, 6.45) is -3.56. The smallest absolute Gasteiger partial charge is 0.416 e. The molecular weight excluding hydrogens is 520 g/mol. The van der Waals surface area contributed by atoms with Crippen molar-refractivity contribution in [2.24, 2.45) is 0 Å². The van der Waals surface area contributed by atoms with Crippen molar-refractivity contribution in [3.8, 4) is 11.5 Å². The minimum absolute atomic E-state index is 0.0631. The highest BCUT2D eigenvalue weighted by Crippen LogP contribution is 2.47. The number of aliphatic hydroxyl groups excluding tert-OH is 1. The van der Waals surface area contributed by atoms with Crippen LogP contribution in [0.15, 0.2) is 42.5 Å². The number of ether oxygens (including phenoxy) is 2. The van der Waals surface area contributed by atoms with Gasteiger partial charge in [0, 0.05) is 11.6 Å². The third-order valence-electron chi connectivity index (χ3n) is 6.91. The molecule has 0 unspecified atom stereocenters. The van der Waals surface area contributed by atoms with Crippen molar-refractivity contribution in [1.82, 2.24) is 10.6 Å². The summed E-state index contributed by atoms with van der Waals surface area (Å²) in [7, 11) is 0. The zero-order valence-electron chi connectivity index (χ0n) is 19.5. The van der Waals surface area contributed by atoms with Crippen molar-refractivity contribution < 1.29 is 41.7 Å². The number of carbonyl (C=O) groups excluding carboxylic acids is 2. The highest BCUT2D eigenvalue weighted by atomic mass is 35.5. The van der Waals surface area contributed by atoms with E-state index in [0.29, 0.717) is 25.7 Å². The highest BCUT2D eigenvalue weighted by Gasteiger charge is 2.55. The first-order chi connectivity index (χ1) is 17.4. The van der Waals surface area contributed by atoms with Crippen molar-refractivity contribution in [3.05, 3.63) is 58.9 Å². The van der Waals surface area contributed by atoms with Gasteiger partial charge in [0.1, 0.15) is 17.3 Å². The van der Waals surface area contributed by atoms with Crippen LogP contribution in [0.1, 0.15) is 37.7 Å². The molecule has 0 radical (unpaired) electrons. The number of benzene rings is 2. The Morgan fingerprint density at radius 2 is 1.59 bits per heavy atom. The fourth-order valence-electron chi connectivity index (χ4n) is 4.93. The first kappa shape index (κ1) is 27.0. The summed E-state index contributed by atoms with van der Waals surface area (Å²) in [6, 6.07) is 8.06. The van der Waals surface area contributed by atoms with Crippen LogP contribution < -0.4 is 20.1 Å². The maximum absolute atomic E-state index is 13.5. The van der Waals surface area contributed by atoms with E-state index >= 15 is 0 Å². The van der Waals surface area contributed by atoms with Crippen molar-refractivity contribution in [2.45, 2.75) is 55.5 Å². The number of alkyl halides is 3. The fourth-order valence-corrected chi connectivity index (χ4v) is 5.05. The van der Waals surface area contributed by atoms with Gasteiger partial charge in [-0.1, -0.05) is 17.7 Å². The highest BCUT2D eigenvalue weighted by molar-refractivity contribution is 6.30. The van der Waals surface area contributed by atoms with Gasteiger partial charge in [0.2, 0.25) is 0 Å². The van der Waals surface area contributed by atoms with E-state index in [4.69, 9.17) is 21.1 Å². The molecule has 2 aromatic rings. The standard InChI is InChI=1S/C25H25ClF4N2O5/c26-18-5-4-17(11-19(18)27)37-13-21(34)31-23-6-8-24(9-7-23,20(33)12-23)32-22(35)14-36-16-3-1-2-15(10-16)25(28,29)30/h1-5,10-11,20,33H,6-9,12-14H2,(H,31,34)(H,32,35)/t20-,23?,24?/m1/s1. The van der Waals surface area contributed by atoms with Crippen molar-refractivity contribution in [1.29, 1.82) is 0 Å². The van der Waals surface area contributed by atoms with Crippen LogP contribution in [0.2, 0.25) is 5.02 Å². The van der Waals surface area contributed by atoms with Crippen LogP contribution in [0.25, 0.3) is 0 Å². The molecule has 3 N–H and O–H groups in total. The van der Waals surface area contributed by atoms with Gasteiger partial charge in [-0.2, -0.15) is 13.2 Å². The van der Waals surface area contributed by atoms with Gasteiger partial charge in [0.05, 0.1) is 22.2 Å². The summed E-state index contributed by atoms with van der Waals surface area (Å²) in [5.74, 6) is -1.62. The SMILES string of the molecule is O=C(COc1ccc(Cl)c(F)c1)NC12CCC(NC(=O)COc3cccc(C(F)(F)F)c3)(CC1)[C@H](O)C2. The molecule has 2 bridgehead atoms. The van der Waals surface area contributed by atoms with E-state index in [1.54, 1.807) is 0 Å². The molecule has 12 heteroatoms. The molecule has 3 aliphatic rings. The fraction of sp³-hybridized carbons (Fsp3) is 0.440. The molecule has 2 amide bonds. The largest absolute Gasteiger partial charge is 0.484 e. The Kier molecular flexibility index (Phi) is 7.57. The topological polar surface area (TPSA) is 96.9 Å². The van der Waals surface area contributed by atoms with Gasteiger partial charge < -0.3 is 25.2 Å². The second kappa shape index (κ2) is 10.4. The Hall–Kier alpha value is -3.05. The Balaban J connectivity index is 1.28. The number of hydrogen-bond donors (Lipinski definition) is 3. The molecule has 3 fully saturated rings. The van der Waals surface area contributed by atoms with E-state index in [2.05, 4.69) is 10.6 Å². The molecule has 0 aromatic heterocycles. The van der Waals surface area contributed by atoms with Crippen LogP contribution in [-0.2, 0) is 15.8 Å². The van der Waals surface area contributed by atoms with Crippen LogP contribution in [0, 0.1) is 5.82 Å². The first-order valence-corrected chi connectivity index (χ1v) is 12.0. The average molecular weight is 545 g/mol. The van der Waals surface area contributed by atoms with Gasteiger partial charge in [-0.15, -0.1) is 0 Å². The maximum atomic E-state index is 13.5. The Labute approximate surface area is 215 Å². The normalized spacial score (nSPS) is 24.9. The summed E-state index contributed by atoms with van der Waals surface area (Å²) >= 11 is 5.63. The third kappa shape index (κ3) is 6.27. The van der Waals surface area contributed by atoms with Crippen LogP contribution in [0.3, 0.4) is 0 Å². The Morgan fingerprint density at radius 3 is 2.19 bits per heavy atom. The average Bonchev–Trinajstić information content (AvgIpc) is 2.84. The van der Waals surface area contributed by atoms with Crippen LogP contribution in [-0.4, -0.2) is 47.3 Å². The van der Waals surface area contributed by atoms with Crippen LogP contribution in [0.4, 0.5) is 17.6 Å². The lowest BCUT2D eigenvalue weighted by Gasteiger charge is -2.56. The van der Waals surface area contributed by atoms with Crippen molar-refractivity contribution in [2.75, 3.05) is 13.2 Å². The number of nitrogens with one attached hydrogen (secondary N) is 2. The van der Waals surface area contributed by atoms with Crippen molar-refractivity contribution >= 4 is 23.4 Å². The summed E-state index contributed by atoms with van der Waals surface area (Å²) < 4.78 is 62.7. The molecular formula is C25H25ClF4N2O5. The van der Waals surface area contributed by atoms with Crippen LogP contribution in [0.5, 0.6) is 11.5 Å². The van der Waals surface area contributed by atoms with Gasteiger partial charge in [-0.25, -0.2) is 4.39 Å². The number of amides is 2. The lowest BCUT2D eigenvalue weighted by atomic mass is 9.60. The zero-order valence-corrected chi connectivity index (χ0v) is 20.3. The molecule has 37 heavy (non-hydrogen) atoms. The van der Waals surface area contributed by atoms with Crippen LogP contribution >= 0.6 is 11.6 Å². The van der Waals surface area contributed by atoms with Gasteiger partial charge in [0.15, 0.2) is 13.2 Å². The minimum atomic E-state index is -4.53. The molecule has 0 aliphatic heterocycles. The molecule has 7 nitrogen and oxygen atoms in total. The molecule has 2 aromatic carbocycles. The number of hydrogen-bond acceptors (Lipinski definition) is 5. The van der Waals surface area contributed by atoms with Gasteiger partial charge >= 0.3 is 6.18 Å². The molecule has 0 saturated heterocycles. The predicted octanol–water partition coefficient (Wildman–Crippen LogP) is 4.00. The molecule has 200 valence electrons.